The van der Waals surface area contributed by atoms with Crippen LogP contribution in [0.5, 0.6) is 0 Å². The maximum absolute atomic E-state index is 8.72. The first-order chi connectivity index (χ1) is 3.81. The van der Waals surface area contributed by atoms with Gasteiger partial charge in [-0.15, -0.1) is 6.58 Å². The molecule has 2 nitrogen and oxygen atoms in total. The highest BCUT2D eigenvalue weighted by Crippen LogP contribution is 1.90. The summed E-state index contributed by atoms with van der Waals surface area (Å²) in [5.74, 6) is 0. The van der Waals surface area contributed by atoms with Crippen molar-refractivity contribution < 1.29 is 9.84 Å². The van der Waals surface area contributed by atoms with Gasteiger partial charge in [0.2, 0.25) is 0 Å². The van der Waals surface area contributed by atoms with E-state index in [2.05, 4.69) is 6.58 Å². The lowest BCUT2D eigenvalue weighted by molar-refractivity contribution is -0.0896. The molecule has 0 spiro atoms. The predicted molar refractivity (Wildman–Crippen MR) is 32.4 cm³/mol. The van der Waals surface area contributed by atoms with Gasteiger partial charge in [0.25, 0.3) is 0 Å². The number of rotatable bonds is 4. The van der Waals surface area contributed by atoms with Gasteiger partial charge in [0, 0.05) is 0 Å². The van der Waals surface area contributed by atoms with Crippen molar-refractivity contribution in [2.45, 2.75) is 19.6 Å². The molecule has 8 heavy (non-hydrogen) atoms. The van der Waals surface area contributed by atoms with Crippen LogP contribution < -0.4 is 0 Å². The van der Waals surface area contributed by atoms with Crippen LogP contribution >= 0.6 is 0 Å². The molecule has 0 aliphatic rings. The van der Waals surface area contributed by atoms with E-state index >= 15 is 0 Å². The van der Waals surface area contributed by atoms with Gasteiger partial charge in [-0.05, 0) is 6.42 Å². The second-order valence-electron chi connectivity index (χ2n) is 1.48. The Morgan fingerprint density at radius 1 is 1.88 bits per heavy atom. The van der Waals surface area contributed by atoms with Crippen LogP contribution in [0.25, 0.3) is 0 Å². The van der Waals surface area contributed by atoms with E-state index in [-0.39, 0.29) is 0 Å². The Balaban J connectivity index is 2.97. The molecule has 0 saturated heterocycles. The Morgan fingerprint density at radius 2 is 2.50 bits per heavy atom. The van der Waals surface area contributed by atoms with E-state index in [0.717, 1.165) is 0 Å². The van der Waals surface area contributed by atoms with Crippen LogP contribution in [0.3, 0.4) is 0 Å². The Morgan fingerprint density at radius 3 is 2.88 bits per heavy atom. The summed E-state index contributed by atoms with van der Waals surface area (Å²) in [5.41, 5.74) is 0. The molecule has 0 rings (SSSR count). The summed E-state index contributed by atoms with van der Waals surface area (Å²) in [7, 11) is 0. The molecule has 0 radical (unpaired) electrons. The Bertz CT molecular complexity index is 61.5. The zero-order valence-electron chi connectivity index (χ0n) is 5.13. The van der Waals surface area contributed by atoms with Crippen LogP contribution in [0.1, 0.15) is 13.3 Å². The summed E-state index contributed by atoms with van der Waals surface area (Å²) in [6, 6.07) is 0. The molecule has 0 saturated carbocycles. The third-order valence-electron chi connectivity index (χ3n) is 0.756. The number of hydrogen-bond acceptors (Lipinski definition) is 2. The van der Waals surface area contributed by atoms with Crippen LogP contribution in [0.2, 0.25) is 0 Å². The van der Waals surface area contributed by atoms with Crippen LogP contribution in [0.4, 0.5) is 0 Å². The summed E-state index contributed by atoms with van der Waals surface area (Å²) in [6.45, 7) is 5.71. The highest BCUT2D eigenvalue weighted by Gasteiger charge is 1.94. The molecule has 0 bridgehead atoms. The van der Waals surface area contributed by atoms with Crippen molar-refractivity contribution in [1.82, 2.24) is 0 Å². The normalized spacial score (nSPS) is 13.2. The fraction of sp³-hybridized carbons (Fsp3) is 0.667. The van der Waals surface area contributed by atoms with E-state index in [4.69, 9.17) is 9.84 Å². The van der Waals surface area contributed by atoms with Gasteiger partial charge in [0.1, 0.15) is 0 Å². The standard InChI is InChI=1S/C6H12O2/c1-3-5-8-6(7)4-2/h3,6-7H,1,4-5H2,2H3/t6-/m0/s1. The number of ether oxygens (including phenoxy) is 1. The van der Waals surface area contributed by atoms with Gasteiger partial charge < -0.3 is 9.84 Å². The monoisotopic (exact) mass is 116 g/mol. The van der Waals surface area contributed by atoms with E-state index in [1.54, 1.807) is 6.08 Å². The molecule has 0 amide bonds. The molecule has 2 heteroatoms. The fourth-order valence-electron chi connectivity index (χ4n) is 0.297. The second-order valence-corrected chi connectivity index (χ2v) is 1.48. The molecule has 0 heterocycles. The number of aliphatic hydroxyl groups excluding tert-OH is 1. The summed E-state index contributed by atoms with van der Waals surface area (Å²) in [4.78, 5) is 0. The summed E-state index contributed by atoms with van der Waals surface area (Å²) in [5, 5.41) is 8.72. The van der Waals surface area contributed by atoms with E-state index in [9.17, 15) is 0 Å². The minimum atomic E-state index is -0.618. The lowest BCUT2D eigenvalue weighted by atomic mass is 10.5. The molecule has 0 aromatic rings. The Kier molecular flexibility index (Phi) is 4.61. The topological polar surface area (TPSA) is 29.5 Å². The Hall–Kier alpha value is -0.340. The van der Waals surface area contributed by atoms with Gasteiger partial charge >= 0.3 is 0 Å². The first-order valence-corrected chi connectivity index (χ1v) is 2.71. The zero-order chi connectivity index (χ0) is 6.41. The molecular weight excluding hydrogens is 104 g/mol. The van der Waals surface area contributed by atoms with Crippen LogP contribution in [0.15, 0.2) is 12.7 Å². The number of aliphatic hydroxyl groups is 1. The van der Waals surface area contributed by atoms with Crippen molar-refractivity contribution >= 4 is 0 Å². The maximum atomic E-state index is 8.72. The lowest BCUT2D eigenvalue weighted by Gasteiger charge is -2.05. The SMILES string of the molecule is C=CCO[C@H](O)CC. The van der Waals surface area contributed by atoms with Crippen molar-refractivity contribution in [3.05, 3.63) is 12.7 Å². The molecule has 0 aromatic carbocycles. The highest BCUT2D eigenvalue weighted by molar-refractivity contribution is 4.63. The van der Waals surface area contributed by atoms with Crippen molar-refractivity contribution in [2.75, 3.05) is 6.61 Å². The molecular formula is C6H12O2. The van der Waals surface area contributed by atoms with Crippen molar-refractivity contribution in [3.63, 3.8) is 0 Å². The van der Waals surface area contributed by atoms with Gasteiger partial charge in [-0.1, -0.05) is 13.0 Å². The second kappa shape index (κ2) is 4.81. The van der Waals surface area contributed by atoms with E-state index < -0.39 is 6.29 Å². The van der Waals surface area contributed by atoms with E-state index in [0.29, 0.717) is 13.0 Å². The molecule has 1 N–H and O–H groups in total. The molecule has 48 valence electrons. The third kappa shape index (κ3) is 3.84. The fourth-order valence-corrected chi connectivity index (χ4v) is 0.297. The molecule has 0 aliphatic carbocycles. The summed E-state index contributed by atoms with van der Waals surface area (Å²) >= 11 is 0. The van der Waals surface area contributed by atoms with E-state index in [1.165, 1.54) is 0 Å². The van der Waals surface area contributed by atoms with Crippen LogP contribution in [-0.4, -0.2) is 18.0 Å². The minimum absolute atomic E-state index is 0.426. The van der Waals surface area contributed by atoms with Gasteiger partial charge in [-0.25, -0.2) is 0 Å². The van der Waals surface area contributed by atoms with Crippen molar-refractivity contribution in [2.24, 2.45) is 0 Å². The first-order valence-electron chi connectivity index (χ1n) is 2.71. The van der Waals surface area contributed by atoms with Crippen LogP contribution in [-0.2, 0) is 4.74 Å². The van der Waals surface area contributed by atoms with Crippen molar-refractivity contribution in [1.29, 1.82) is 0 Å². The van der Waals surface area contributed by atoms with Gasteiger partial charge in [0.15, 0.2) is 6.29 Å². The molecule has 0 fully saturated rings. The van der Waals surface area contributed by atoms with Crippen molar-refractivity contribution in [3.8, 4) is 0 Å². The average molecular weight is 116 g/mol. The zero-order valence-corrected chi connectivity index (χ0v) is 5.13. The Labute approximate surface area is 49.8 Å². The molecule has 0 unspecified atom stereocenters. The number of hydrogen-bond donors (Lipinski definition) is 1. The highest BCUT2D eigenvalue weighted by atomic mass is 16.6. The smallest absolute Gasteiger partial charge is 0.154 e. The first kappa shape index (κ1) is 7.66. The maximum Gasteiger partial charge on any atom is 0.154 e. The van der Waals surface area contributed by atoms with E-state index in [1.807, 2.05) is 6.92 Å². The third-order valence-corrected chi connectivity index (χ3v) is 0.756. The van der Waals surface area contributed by atoms with Gasteiger partial charge in [-0.3, -0.25) is 0 Å². The van der Waals surface area contributed by atoms with Gasteiger partial charge in [-0.2, -0.15) is 0 Å². The summed E-state index contributed by atoms with van der Waals surface area (Å²) in [6.07, 6.45) is 1.63. The largest absolute Gasteiger partial charge is 0.368 e. The average Bonchev–Trinajstić information content (AvgIpc) is 1.83. The minimum Gasteiger partial charge on any atom is -0.368 e. The quantitative estimate of drug-likeness (QED) is 0.437. The molecule has 0 aliphatic heterocycles. The van der Waals surface area contributed by atoms with Gasteiger partial charge in [0.05, 0.1) is 6.61 Å². The summed E-state index contributed by atoms with van der Waals surface area (Å²) < 4.78 is 4.78. The molecule has 0 aromatic heterocycles. The molecule has 1 atom stereocenters. The predicted octanol–water partition coefficient (Wildman–Crippen LogP) is 0.917. The lowest BCUT2D eigenvalue weighted by Crippen LogP contribution is -2.09. The van der Waals surface area contributed by atoms with Crippen LogP contribution in [0, 0.1) is 0 Å².